The Morgan fingerprint density at radius 3 is 2.78 bits per heavy atom. The van der Waals surface area contributed by atoms with Gasteiger partial charge in [0.05, 0.1) is 0 Å². The quantitative estimate of drug-likeness (QED) is 0.925. The molecule has 0 saturated carbocycles. The Bertz CT molecular complexity index is 444. The van der Waals surface area contributed by atoms with Gasteiger partial charge < -0.3 is 5.11 Å². The molecule has 18 heavy (non-hydrogen) atoms. The monoisotopic (exact) mass is 279 g/mol. The van der Waals surface area contributed by atoms with Gasteiger partial charge in [-0.25, -0.2) is 0 Å². The van der Waals surface area contributed by atoms with Crippen molar-refractivity contribution in [1.29, 1.82) is 0 Å². The molecule has 0 aromatic carbocycles. The number of hydrogen-bond acceptors (Lipinski definition) is 3. The Labute approximate surface area is 106 Å². The molecule has 1 N–H and O–H groups in total. The van der Waals surface area contributed by atoms with Crippen molar-refractivity contribution in [2.45, 2.75) is 31.6 Å². The van der Waals surface area contributed by atoms with E-state index in [1.165, 1.54) is 6.07 Å². The van der Waals surface area contributed by atoms with Crippen LogP contribution in [0, 0.1) is 0 Å². The molecule has 1 atom stereocenters. The van der Waals surface area contributed by atoms with Crippen LogP contribution in [0.1, 0.15) is 22.6 Å². The first-order chi connectivity index (χ1) is 8.38. The van der Waals surface area contributed by atoms with Gasteiger partial charge in [-0.3, -0.25) is 9.69 Å². The molecule has 1 unspecified atom stereocenters. The van der Waals surface area contributed by atoms with Crippen LogP contribution in [0.15, 0.2) is 12.1 Å². The Morgan fingerprint density at radius 1 is 1.50 bits per heavy atom. The highest BCUT2D eigenvalue weighted by molar-refractivity contribution is 7.12. The van der Waals surface area contributed by atoms with Crippen molar-refractivity contribution in [3.8, 4) is 0 Å². The Morgan fingerprint density at radius 2 is 2.22 bits per heavy atom. The van der Waals surface area contributed by atoms with E-state index in [2.05, 4.69) is 0 Å². The number of hydrogen-bond donors (Lipinski definition) is 1. The van der Waals surface area contributed by atoms with Crippen LogP contribution >= 0.6 is 11.3 Å². The molecule has 0 spiro atoms. The second-order valence-corrected chi connectivity index (χ2v) is 5.40. The zero-order valence-corrected chi connectivity index (χ0v) is 10.2. The Balaban J connectivity index is 2.05. The minimum Gasteiger partial charge on any atom is -0.480 e. The third-order valence-electron chi connectivity index (χ3n) is 2.95. The summed E-state index contributed by atoms with van der Waals surface area (Å²) < 4.78 is 37.3. The lowest BCUT2D eigenvalue weighted by Gasteiger charge is -2.19. The predicted octanol–water partition coefficient (Wildman–Crippen LogP) is 2.82. The third kappa shape index (κ3) is 2.84. The van der Waals surface area contributed by atoms with Crippen molar-refractivity contribution >= 4 is 17.3 Å². The molecular formula is C11H12F3NO2S. The van der Waals surface area contributed by atoms with Gasteiger partial charge in [0.25, 0.3) is 0 Å². The molecule has 1 aromatic rings. The summed E-state index contributed by atoms with van der Waals surface area (Å²) in [7, 11) is 0. The van der Waals surface area contributed by atoms with Gasteiger partial charge in [-0.15, -0.1) is 11.3 Å². The van der Waals surface area contributed by atoms with Crippen LogP contribution in [0.3, 0.4) is 0 Å². The molecule has 100 valence electrons. The van der Waals surface area contributed by atoms with E-state index in [4.69, 9.17) is 5.11 Å². The van der Waals surface area contributed by atoms with Crippen LogP contribution in [0.25, 0.3) is 0 Å². The molecule has 3 nitrogen and oxygen atoms in total. The van der Waals surface area contributed by atoms with Gasteiger partial charge >= 0.3 is 12.1 Å². The van der Waals surface area contributed by atoms with Gasteiger partial charge in [0.1, 0.15) is 10.9 Å². The van der Waals surface area contributed by atoms with E-state index >= 15 is 0 Å². The minimum atomic E-state index is -4.32. The highest BCUT2D eigenvalue weighted by Gasteiger charge is 2.34. The predicted molar refractivity (Wildman–Crippen MR) is 60.4 cm³/mol. The summed E-state index contributed by atoms with van der Waals surface area (Å²) in [6.45, 7) is 0.897. The van der Waals surface area contributed by atoms with Crippen LogP contribution in [-0.2, 0) is 17.5 Å². The van der Waals surface area contributed by atoms with E-state index in [1.54, 1.807) is 4.90 Å². The van der Waals surface area contributed by atoms with E-state index in [0.717, 1.165) is 12.5 Å². The maximum Gasteiger partial charge on any atom is 0.425 e. The topological polar surface area (TPSA) is 40.5 Å². The van der Waals surface area contributed by atoms with E-state index in [0.29, 0.717) is 29.2 Å². The fourth-order valence-corrected chi connectivity index (χ4v) is 3.01. The van der Waals surface area contributed by atoms with Gasteiger partial charge in [0, 0.05) is 11.4 Å². The number of halogens is 3. The first-order valence-corrected chi connectivity index (χ1v) is 6.32. The second kappa shape index (κ2) is 4.89. The zero-order chi connectivity index (χ0) is 13.3. The molecule has 1 fully saturated rings. The number of nitrogens with zero attached hydrogens (tertiary/aromatic N) is 1. The molecule has 0 aliphatic carbocycles. The molecule has 1 aliphatic rings. The van der Waals surface area contributed by atoms with Crippen molar-refractivity contribution in [2.75, 3.05) is 6.54 Å². The highest BCUT2D eigenvalue weighted by Crippen LogP contribution is 2.35. The number of aliphatic carboxylic acids is 1. The molecule has 1 aromatic heterocycles. The number of carboxylic acids is 1. The van der Waals surface area contributed by atoms with E-state index in [1.807, 2.05) is 0 Å². The first kappa shape index (κ1) is 13.4. The van der Waals surface area contributed by atoms with Crippen molar-refractivity contribution < 1.29 is 23.1 Å². The van der Waals surface area contributed by atoms with Crippen molar-refractivity contribution in [1.82, 2.24) is 4.90 Å². The number of rotatable bonds is 3. The van der Waals surface area contributed by atoms with Crippen LogP contribution < -0.4 is 0 Å². The summed E-state index contributed by atoms with van der Waals surface area (Å²) in [6, 6.07) is 1.90. The number of alkyl halides is 3. The van der Waals surface area contributed by atoms with E-state index < -0.39 is 23.1 Å². The molecule has 2 rings (SSSR count). The van der Waals surface area contributed by atoms with Gasteiger partial charge in [-0.05, 0) is 31.5 Å². The summed E-state index contributed by atoms with van der Waals surface area (Å²) in [5, 5.41) is 8.98. The summed E-state index contributed by atoms with van der Waals surface area (Å²) in [6.07, 6.45) is -2.98. The average molecular weight is 279 g/mol. The van der Waals surface area contributed by atoms with Crippen LogP contribution in [0.5, 0.6) is 0 Å². The van der Waals surface area contributed by atoms with Crippen molar-refractivity contribution in [3.05, 3.63) is 21.9 Å². The standard InChI is InChI=1S/C11H12F3NO2S/c12-11(13,14)9-4-3-7(18-9)6-15-5-1-2-8(15)10(16)17/h3-4,8H,1-2,5-6H2,(H,16,17). The summed E-state index contributed by atoms with van der Waals surface area (Å²) in [5.74, 6) is -0.903. The maximum atomic E-state index is 12.4. The van der Waals surface area contributed by atoms with Gasteiger partial charge in [-0.1, -0.05) is 0 Å². The average Bonchev–Trinajstić information content (AvgIpc) is 2.85. The van der Waals surface area contributed by atoms with E-state index in [9.17, 15) is 18.0 Å². The lowest BCUT2D eigenvalue weighted by molar-refractivity contribution is -0.142. The smallest absolute Gasteiger partial charge is 0.425 e. The van der Waals surface area contributed by atoms with Gasteiger partial charge in [-0.2, -0.15) is 13.2 Å². The normalized spacial score (nSPS) is 21.4. The lowest BCUT2D eigenvalue weighted by Crippen LogP contribution is -2.35. The van der Waals surface area contributed by atoms with Crippen LogP contribution in [0.2, 0.25) is 0 Å². The molecule has 0 radical (unpaired) electrons. The Kier molecular flexibility index (Phi) is 3.63. The van der Waals surface area contributed by atoms with Crippen LogP contribution in [0.4, 0.5) is 13.2 Å². The molecule has 1 saturated heterocycles. The van der Waals surface area contributed by atoms with Gasteiger partial charge in [0.2, 0.25) is 0 Å². The SMILES string of the molecule is O=C(O)C1CCCN1Cc1ccc(C(F)(F)F)s1. The number of carboxylic acid groups (broad SMARTS) is 1. The van der Waals surface area contributed by atoms with Gasteiger partial charge in [0.15, 0.2) is 0 Å². The number of carbonyl (C=O) groups is 1. The molecule has 2 heterocycles. The van der Waals surface area contributed by atoms with Crippen LogP contribution in [-0.4, -0.2) is 28.6 Å². The molecule has 7 heteroatoms. The van der Waals surface area contributed by atoms with Crippen molar-refractivity contribution in [2.24, 2.45) is 0 Å². The first-order valence-electron chi connectivity index (χ1n) is 5.50. The minimum absolute atomic E-state index is 0.276. The summed E-state index contributed by atoms with van der Waals surface area (Å²) >= 11 is 0.681. The summed E-state index contributed by atoms with van der Waals surface area (Å²) in [4.78, 5) is 12.6. The second-order valence-electron chi connectivity index (χ2n) is 4.23. The molecule has 0 amide bonds. The van der Waals surface area contributed by atoms with E-state index in [-0.39, 0.29) is 6.54 Å². The maximum absolute atomic E-state index is 12.4. The Hall–Kier alpha value is -1.08. The molecule has 1 aliphatic heterocycles. The third-order valence-corrected chi connectivity index (χ3v) is 4.06. The number of thiophene rings is 1. The number of likely N-dealkylation sites (tertiary alicyclic amines) is 1. The highest BCUT2D eigenvalue weighted by atomic mass is 32.1. The lowest BCUT2D eigenvalue weighted by atomic mass is 10.2. The fourth-order valence-electron chi connectivity index (χ4n) is 2.11. The fraction of sp³-hybridized carbons (Fsp3) is 0.545. The van der Waals surface area contributed by atoms with Crippen molar-refractivity contribution in [3.63, 3.8) is 0 Å². The zero-order valence-electron chi connectivity index (χ0n) is 9.41. The molecule has 0 bridgehead atoms. The summed E-state index contributed by atoms with van der Waals surface area (Å²) in [5.41, 5.74) is 0. The molecular weight excluding hydrogens is 267 g/mol. The largest absolute Gasteiger partial charge is 0.480 e.